The van der Waals surface area contributed by atoms with Gasteiger partial charge in [0.25, 0.3) is 0 Å². The van der Waals surface area contributed by atoms with E-state index in [1.165, 1.54) is 11.8 Å². The van der Waals surface area contributed by atoms with Crippen LogP contribution in [0, 0.1) is 17.7 Å². The zero-order valence-electron chi connectivity index (χ0n) is 16.9. The van der Waals surface area contributed by atoms with Crippen molar-refractivity contribution in [1.29, 1.82) is 0 Å². The highest BCUT2D eigenvalue weighted by molar-refractivity contribution is 5.79. The summed E-state index contributed by atoms with van der Waals surface area (Å²) in [6.45, 7) is 5.23. The van der Waals surface area contributed by atoms with Crippen molar-refractivity contribution in [3.05, 3.63) is 66.0 Å². The number of carbonyl (C=O) groups is 1. The summed E-state index contributed by atoms with van der Waals surface area (Å²) < 4.78 is 13.4. The van der Waals surface area contributed by atoms with E-state index in [1.54, 1.807) is 12.1 Å². The molecule has 0 spiro atoms. The predicted octanol–water partition coefficient (Wildman–Crippen LogP) is 3.68. The summed E-state index contributed by atoms with van der Waals surface area (Å²) in [6.07, 6.45) is 3.07. The van der Waals surface area contributed by atoms with Gasteiger partial charge in [0.1, 0.15) is 5.82 Å². The maximum absolute atomic E-state index is 13.4. The molecular formula is C24H30FN3O. The van der Waals surface area contributed by atoms with Crippen molar-refractivity contribution in [1.82, 2.24) is 10.2 Å². The van der Waals surface area contributed by atoms with Crippen molar-refractivity contribution in [3.63, 3.8) is 0 Å². The van der Waals surface area contributed by atoms with E-state index >= 15 is 0 Å². The van der Waals surface area contributed by atoms with Crippen molar-refractivity contribution in [3.8, 4) is 0 Å². The van der Waals surface area contributed by atoms with E-state index < -0.39 is 0 Å². The number of amides is 1. The molecule has 2 heterocycles. The van der Waals surface area contributed by atoms with Crippen molar-refractivity contribution < 1.29 is 9.18 Å². The van der Waals surface area contributed by atoms with Crippen LogP contribution in [0.2, 0.25) is 0 Å². The standard InChI is InChI=1S/C24H30FN3O/c25-22-8-4-6-19(14-22)16-27-12-5-7-21(18-27)24(29)26-15-20-11-13-28(17-20)23-9-2-1-3-10-23/h1-4,6,8-10,14,20-21H,5,7,11-13,15-18H2,(H,26,29)/t20-,21-/m0/s1. The molecule has 154 valence electrons. The predicted molar refractivity (Wildman–Crippen MR) is 114 cm³/mol. The van der Waals surface area contributed by atoms with Crippen LogP contribution in [0.3, 0.4) is 0 Å². The molecule has 0 radical (unpaired) electrons. The molecule has 0 aromatic heterocycles. The molecule has 2 saturated heterocycles. The van der Waals surface area contributed by atoms with Crippen LogP contribution in [0.25, 0.3) is 0 Å². The number of hydrogen-bond acceptors (Lipinski definition) is 3. The number of nitrogens with zero attached hydrogens (tertiary/aromatic N) is 2. The number of rotatable bonds is 6. The van der Waals surface area contributed by atoms with Crippen LogP contribution in [0.1, 0.15) is 24.8 Å². The number of para-hydroxylation sites is 1. The fraction of sp³-hybridized carbons (Fsp3) is 0.458. The number of hydrogen-bond donors (Lipinski definition) is 1. The summed E-state index contributed by atoms with van der Waals surface area (Å²) in [5.74, 6) is 0.511. The Bertz CT molecular complexity index is 813. The van der Waals surface area contributed by atoms with E-state index in [0.717, 1.165) is 57.5 Å². The lowest BCUT2D eigenvalue weighted by Crippen LogP contribution is -2.44. The molecule has 2 atom stereocenters. The number of halogens is 1. The number of nitrogens with one attached hydrogen (secondary N) is 1. The fourth-order valence-electron chi connectivity index (χ4n) is 4.57. The number of piperidine rings is 1. The number of benzene rings is 2. The average molecular weight is 396 g/mol. The minimum absolute atomic E-state index is 0.0314. The Balaban J connectivity index is 1.23. The molecule has 2 aliphatic rings. The molecule has 0 saturated carbocycles. The molecule has 0 unspecified atom stereocenters. The topological polar surface area (TPSA) is 35.6 Å². The van der Waals surface area contributed by atoms with E-state index in [1.807, 2.05) is 12.1 Å². The van der Waals surface area contributed by atoms with Gasteiger partial charge in [-0.3, -0.25) is 9.69 Å². The Kier molecular flexibility index (Phi) is 6.45. The van der Waals surface area contributed by atoms with E-state index in [4.69, 9.17) is 0 Å². The van der Waals surface area contributed by atoms with Crippen LogP contribution in [0.5, 0.6) is 0 Å². The lowest BCUT2D eigenvalue weighted by atomic mass is 9.96. The molecule has 2 fully saturated rings. The third kappa shape index (κ3) is 5.36. The average Bonchev–Trinajstić information content (AvgIpc) is 3.22. The Morgan fingerprint density at radius 2 is 1.90 bits per heavy atom. The number of carbonyl (C=O) groups excluding carboxylic acids is 1. The maximum Gasteiger partial charge on any atom is 0.224 e. The van der Waals surface area contributed by atoms with E-state index in [-0.39, 0.29) is 17.6 Å². The fourth-order valence-corrected chi connectivity index (χ4v) is 4.57. The third-order valence-electron chi connectivity index (χ3n) is 6.14. The van der Waals surface area contributed by atoms with Crippen molar-refractivity contribution >= 4 is 11.6 Å². The van der Waals surface area contributed by atoms with Gasteiger partial charge < -0.3 is 10.2 Å². The molecule has 5 heteroatoms. The molecule has 2 aromatic carbocycles. The normalized spacial score (nSPS) is 22.6. The second kappa shape index (κ2) is 9.40. The molecule has 29 heavy (non-hydrogen) atoms. The first-order chi connectivity index (χ1) is 14.2. The van der Waals surface area contributed by atoms with E-state index in [9.17, 15) is 9.18 Å². The summed E-state index contributed by atoms with van der Waals surface area (Å²) >= 11 is 0. The van der Waals surface area contributed by atoms with Crippen molar-refractivity contribution in [2.75, 3.05) is 37.6 Å². The zero-order valence-corrected chi connectivity index (χ0v) is 16.9. The molecule has 4 rings (SSSR count). The van der Waals surface area contributed by atoms with Crippen LogP contribution in [-0.2, 0) is 11.3 Å². The van der Waals surface area contributed by atoms with E-state index in [0.29, 0.717) is 12.5 Å². The first kappa shape index (κ1) is 19.9. The van der Waals surface area contributed by atoms with Crippen molar-refractivity contribution in [2.45, 2.75) is 25.8 Å². The molecule has 1 N–H and O–H groups in total. The summed E-state index contributed by atoms with van der Waals surface area (Å²) in [7, 11) is 0. The highest BCUT2D eigenvalue weighted by atomic mass is 19.1. The number of likely N-dealkylation sites (tertiary alicyclic amines) is 1. The van der Waals surface area contributed by atoms with Gasteiger partial charge in [-0.1, -0.05) is 30.3 Å². The van der Waals surface area contributed by atoms with Gasteiger partial charge in [0.2, 0.25) is 5.91 Å². The molecule has 2 aromatic rings. The SMILES string of the molecule is O=C(NC[C@@H]1CCN(c2ccccc2)C1)[C@H]1CCCN(Cc2cccc(F)c2)C1. The van der Waals surface area contributed by atoms with Crippen LogP contribution < -0.4 is 10.2 Å². The van der Waals surface area contributed by atoms with Crippen LogP contribution in [0.15, 0.2) is 54.6 Å². The highest BCUT2D eigenvalue weighted by Crippen LogP contribution is 2.24. The molecule has 0 aliphatic carbocycles. The van der Waals surface area contributed by atoms with Gasteiger partial charge in [-0.25, -0.2) is 4.39 Å². The zero-order chi connectivity index (χ0) is 20.1. The third-order valence-corrected chi connectivity index (χ3v) is 6.14. The molecule has 2 aliphatic heterocycles. The van der Waals surface area contributed by atoms with Crippen molar-refractivity contribution in [2.24, 2.45) is 11.8 Å². The number of anilines is 1. The Hall–Kier alpha value is -2.40. The van der Waals surface area contributed by atoms with Crippen LogP contribution in [0.4, 0.5) is 10.1 Å². The van der Waals surface area contributed by atoms with E-state index in [2.05, 4.69) is 39.4 Å². The van der Waals surface area contributed by atoms with Gasteiger partial charge >= 0.3 is 0 Å². The summed E-state index contributed by atoms with van der Waals surface area (Å²) in [4.78, 5) is 17.4. The minimum atomic E-state index is -0.199. The second-order valence-electron chi connectivity index (χ2n) is 8.39. The van der Waals surface area contributed by atoms with Gasteiger partial charge in [-0.05, 0) is 61.6 Å². The van der Waals surface area contributed by atoms with Gasteiger partial charge in [0, 0.05) is 38.4 Å². The quantitative estimate of drug-likeness (QED) is 0.811. The summed E-state index contributed by atoms with van der Waals surface area (Å²) in [6, 6.07) is 17.2. The van der Waals surface area contributed by atoms with Gasteiger partial charge in [0.15, 0.2) is 0 Å². The smallest absolute Gasteiger partial charge is 0.224 e. The molecule has 1 amide bonds. The van der Waals surface area contributed by atoms with Crippen LogP contribution >= 0.6 is 0 Å². The van der Waals surface area contributed by atoms with Crippen LogP contribution in [-0.4, -0.2) is 43.5 Å². The second-order valence-corrected chi connectivity index (χ2v) is 8.39. The maximum atomic E-state index is 13.4. The Morgan fingerprint density at radius 1 is 1.03 bits per heavy atom. The molecule has 0 bridgehead atoms. The summed E-state index contributed by atoms with van der Waals surface area (Å²) in [5.41, 5.74) is 2.24. The summed E-state index contributed by atoms with van der Waals surface area (Å²) in [5, 5.41) is 3.21. The van der Waals surface area contributed by atoms with Gasteiger partial charge in [-0.2, -0.15) is 0 Å². The highest BCUT2D eigenvalue weighted by Gasteiger charge is 2.28. The lowest BCUT2D eigenvalue weighted by Gasteiger charge is -2.32. The Labute approximate surface area is 172 Å². The first-order valence-corrected chi connectivity index (χ1v) is 10.7. The first-order valence-electron chi connectivity index (χ1n) is 10.7. The molecular weight excluding hydrogens is 365 g/mol. The lowest BCUT2D eigenvalue weighted by molar-refractivity contribution is -0.126. The van der Waals surface area contributed by atoms with Gasteiger partial charge in [-0.15, -0.1) is 0 Å². The largest absolute Gasteiger partial charge is 0.371 e. The van der Waals surface area contributed by atoms with Gasteiger partial charge in [0.05, 0.1) is 5.92 Å². The Morgan fingerprint density at radius 3 is 2.72 bits per heavy atom. The molecule has 4 nitrogen and oxygen atoms in total. The monoisotopic (exact) mass is 395 g/mol. The minimum Gasteiger partial charge on any atom is -0.371 e.